The number of hydroxylamine groups is 1. The van der Waals surface area contributed by atoms with Crippen LogP contribution < -0.4 is 5.48 Å². The summed E-state index contributed by atoms with van der Waals surface area (Å²) in [5, 5.41) is 9.57. The molecule has 0 saturated carbocycles. The lowest BCUT2D eigenvalue weighted by Gasteiger charge is -2.38. The predicted octanol–water partition coefficient (Wildman–Crippen LogP) is 2.56. The van der Waals surface area contributed by atoms with Gasteiger partial charge in [-0.2, -0.15) is 0 Å². The van der Waals surface area contributed by atoms with Gasteiger partial charge >= 0.3 is 0 Å². The van der Waals surface area contributed by atoms with Crippen LogP contribution in [0, 0.1) is 0 Å². The van der Waals surface area contributed by atoms with Gasteiger partial charge in [0.1, 0.15) is 6.04 Å². The Morgan fingerprint density at radius 3 is 2.62 bits per heavy atom. The van der Waals surface area contributed by atoms with Crippen molar-refractivity contribution in [2.24, 2.45) is 0 Å². The highest BCUT2D eigenvalue weighted by atomic mass is 32.2. The molecular formula is C16H24N4O2S2. The lowest BCUT2D eigenvalue weighted by Crippen LogP contribution is -2.47. The summed E-state index contributed by atoms with van der Waals surface area (Å²) in [6, 6.07) is 3.91. The van der Waals surface area contributed by atoms with Crippen LogP contribution in [-0.4, -0.2) is 55.6 Å². The summed E-state index contributed by atoms with van der Waals surface area (Å²) in [5.41, 5.74) is 1.82. The van der Waals surface area contributed by atoms with Gasteiger partial charge in [-0.05, 0) is 37.8 Å². The van der Waals surface area contributed by atoms with Gasteiger partial charge in [0.15, 0.2) is 0 Å². The summed E-state index contributed by atoms with van der Waals surface area (Å²) in [6.07, 6.45) is 8.94. The van der Waals surface area contributed by atoms with E-state index in [0.717, 1.165) is 51.7 Å². The molecule has 8 heteroatoms. The van der Waals surface area contributed by atoms with Gasteiger partial charge in [-0.3, -0.25) is 15.0 Å². The molecule has 2 saturated heterocycles. The van der Waals surface area contributed by atoms with Crippen LogP contribution in [0.15, 0.2) is 29.4 Å². The fourth-order valence-electron chi connectivity index (χ4n) is 3.13. The first-order chi connectivity index (χ1) is 11.8. The molecule has 1 aromatic heterocycles. The minimum absolute atomic E-state index is 0.224. The average molecular weight is 369 g/mol. The van der Waals surface area contributed by atoms with Crippen LogP contribution in [-0.2, 0) is 4.79 Å². The molecule has 1 unspecified atom stereocenters. The number of carbonyl (C=O) groups is 1. The standard InChI is InChI=1S/C16H24N4O2S2/c21-16(18-22)15-3-1-2-10-20(15)24-19-11-6-14(7-12-19)23-13-4-8-17-9-5-13/h4-5,8-9,14-15,22H,1-3,6-7,10-12H2,(H,18,21). The molecule has 2 N–H and O–H groups in total. The first kappa shape index (κ1) is 18.0. The van der Waals surface area contributed by atoms with Crippen molar-refractivity contribution in [3.8, 4) is 0 Å². The number of piperidine rings is 2. The fourth-order valence-corrected chi connectivity index (χ4v) is 5.44. The van der Waals surface area contributed by atoms with E-state index < -0.39 is 0 Å². The summed E-state index contributed by atoms with van der Waals surface area (Å²) in [7, 11) is 0. The maximum absolute atomic E-state index is 11.8. The van der Waals surface area contributed by atoms with Crippen molar-refractivity contribution >= 4 is 29.8 Å². The highest BCUT2D eigenvalue weighted by molar-refractivity contribution is 8.00. The number of thioether (sulfide) groups is 1. The summed E-state index contributed by atoms with van der Waals surface area (Å²) in [6.45, 7) is 2.95. The van der Waals surface area contributed by atoms with Crippen LogP contribution in [0.2, 0.25) is 0 Å². The third-order valence-electron chi connectivity index (χ3n) is 4.44. The highest BCUT2D eigenvalue weighted by Crippen LogP contribution is 2.34. The number of pyridine rings is 1. The van der Waals surface area contributed by atoms with Gasteiger partial charge in [0.2, 0.25) is 0 Å². The summed E-state index contributed by atoms with van der Waals surface area (Å²) >= 11 is 3.61. The second-order valence-corrected chi connectivity index (χ2v) is 8.66. The van der Waals surface area contributed by atoms with Gasteiger partial charge in [0, 0.05) is 54.3 Å². The van der Waals surface area contributed by atoms with E-state index in [1.807, 2.05) is 29.6 Å². The van der Waals surface area contributed by atoms with Crippen LogP contribution >= 0.6 is 23.9 Å². The van der Waals surface area contributed by atoms with Gasteiger partial charge in [-0.15, -0.1) is 11.8 Å². The predicted molar refractivity (Wildman–Crippen MR) is 96.6 cm³/mol. The molecule has 0 spiro atoms. The topological polar surface area (TPSA) is 68.7 Å². The summed E-state index contributed by atoms with van der Waals surface area (Å²) < 4.78 is 4.48. The maximum atomic E-state index is 11.8. The van der Waals surface area contributed by atoms with Crippen molar-refractivity contribution in [3.63, 3.8) is 0 Å². The third-order valence-corrected chi connectivity index (χ3v) is 7.03. The highest BCUT2D eigenvalue weighted by Gasteiger charge is 2.31. The zero-order valence-electron chi connectivity index (χ0n) is 13.6. The van der Waals surface area contributed by atoms with Gasteiger partial charge in [-0.25, -0.2) is 14.1 Å². The second-order valence-electron chi connectivity index (χ2n) is 6.14. The molecule has 0 bridgehead atoms. The second kappa shape index (κ2) is 9.05. The zero-order chi connectivity index (χ0) is 16.8. The van der Waals surface area contributed by atoms with E-state index >= 15 is 0 Å². The van der Waals surface area contributed by atoms with Gasteiger partial charge < -0.3 is 0 Å². The Hall–Kier alpha value is -0.800. The molecule has 1 atom stereocenters. The van der Waals surface area contributed by atoms with Gasteiger partial charge in [0.25, 0.3) is 5.91 Å². The molecule has 1 amide bonds. The number of aromatic nitrogens is 1. The largest absolute Gasteiger partial charge is 0.289 e. The number of rotatable bonds is 5. The Balaban J connectivity index is 1.47. The van der Waals surface area contributed by atoms with E-state index in [0.29, 0.717) is 5.25 Å². The molecule has 3 rings (SSSR count). The first-order valence-electron chi connectivity index (χ1n) is 8.46. The first-order valence-corrected chi connectivity index (χ1v) is 10.1. The number of nitrogens with one attached hydrogen (secondary N) is 1. The van der Waals surface area contributed by atoms with E-state index in [-0.39, 0.29) is 11.9 Å². The van der Waals surface area contributed by atoms with Crippen LogP contribution in [0.4, 0.5) is 0 Å². The van der Waals surface area contributed by atoms with Crippen molar-refractivity contribution in [3.05, 3.63) is 24.5 Å². The normalized spacial score (nSPS) is 24.0. The monoisotopic (exact) mass is 368 g/mol. The third kappa shape index (κ3) is 4.86. The minimum atomic E-state index is -0.287. The summed E-state index contributed by atoms with van der Waals surface area (Å²) in [5.74, 6) is -0.287. The Morgan fingerprint density at radius 2 is 1.92 bits per heavy atom. The lowest BCUT2D eigenvalue weighted by molar-refractivity contribution is -0.133. The van der Waals surface area contributed by atoms with Crippen molar-refractivity contribution < 1.29 is 10.0 Å². The number of nitrogens with zero attached hydrogens (tertiary/aromatic N) is 3. The Morgan fingerprint density at radius 1 is 1.17 bits per heavy atom. The van der Waals surface area contributed by atoms with E-state index in [9.17, 15) is 4.79 Å². The minimum Gasteiger partial charge on any atom is -0.289 e. The van der Waals surface area contributed by atoms with E-state index in [1.54, 1.807) is 12.1 Å². The Kier molecular flexibility index (Phi) is 6.79. The molecule has 2 aliphatic heterocycles. The van der Waals surface area contributed by atoms with Gasteiger partial charge in [-0.1, -0.05) is 6.42 Å². The molecule has 2 aliphatic rings. The SMILES string of the molecule is O=C(NO)C1CCCCN1SN1CCC(Sc2ccncc2)CC1. The van der Waals surface area contributed by atoms with Crippen LogP contribution in [0.1, 0.15) is 32.1 Å². The van der Waals surface area contributed by atoms with E-state index in [4.69, 9.17) is 5.21 Å². The van der Waals surface area contributed by atoms with E-state index in [2.05, 4.69) is 25.7 Å². The maximum Gasteiger partial charge on any atom is 0.261 e. The number of carbonyl (C=O) groups excluding carboxylic acids is 1. The van der Waals surface area contributed by atoms with Crippen LogP contribution in [0.25, 0.3) is 0 Å². The molecule has 0 aromatic carbocycles. The molecule has 1 aromatic rings. The Bertz CT molecular complexity index is 526. The van der Waals surface area contributed by atoms with Crippen molar-refractivity contribution in [2.75, 3.05) is 19.6 Å². The smallest absolute Gasteiger partial charge is 0.261 e. The molecule has 0 radical (unpaired) electrons. The molecular weight excluding hydrogens is 344 g/mol. The van der Waals surface area contributed by atoms with Crippen molar-refractivity contribution in [1.29, 1.82) is 0 Å². The quantitative estimate of drug-likeness (QED) is 0.470. The summed E-state index contributed by atoms with van der Waals surface area (Å²) in [4.78, 5) is 17.2. The molecule has 3 heterocycles. The molecule has 0 aliphatic carbocycles. The number of amides is 1. The lowest BCUT2D eigenvalue weighted by atomic mass is 10.0. The van der Waals surface area contributed by atoms with Gasteiger partial charge in [0.05, 0.1) is 0 Å². The number of hydrogen-bond donors (Lipinski definition) is 2. The molecule has 2 fully saturated rings. The fraction of sp³-hybridized carbons (Fsp3) is 0.625. The van der Waals surface area contributed by atoms with Crippen molar-refractivity contribution in [1.82, 2.24) is 19.1 Å². The zero-order valence-corrected chi connectivity index (χ0v) is 15.3. The Labute approximate surface area is 151 Å². The molecule has 132 valence electrons. The average Bonchev–Trinajstić information content (AvgIpc) is 2.64. The van der Waals surface area contributed by atoms with Crippen molar-refractivity contribution in [2.45, 2.75) is 48.3 Å². The van der Waals surface area contributed by atoms with Crippen LogP contribution in [0.5, 0.6) is 0 Å². The molecule has 6 nitrogen and oxygen atoms in total. The molecule has 24 heavy (non-hydrogen) atoms. The number of hydrogen-bond acceptors (Lipinski definition) is 7. The van der Waals surface area contributed by atoms with Crippen LogP contribution in [0.3, 0.4) is 0 Å². The van der Waals surface area contributed by atoms with E-state index in [1.165, 1.54) is 4.90 Å².